The number of anilines is 1. The number of hydrogen-bond acceptors (Lipinski definition) is 3. The zero-order chi connectivity index (χ0) is 17.8. The molecule has 4 nitrogen and oxygen atoms in total. The zero-order valence-electron chi connectivity index (χ0n) is 14.9. The second-order valence-corrected chi connectivity index (χ2v) is 6.12. The SMILES string of the molecule is COc1ccc(/C(C)=C/C(=O)N2CCCc3ccccc32)c(OC)c1. The molecule has 25 heavy (non-hydrogen) atoms. The highest BCUT2D eigenvalue weighted by Gasteiger charge is 2.21. The Labute approximate surface area is 148 Å². The molecule has 0 aromatic heterocycles. The van der Waals surface area contributed by atoms with Gasteiger partial charge in [-0.2, -0.15) is 0 Å². The van der Waals surface area contributed by atoms with Crippen LogP contribution in [0.3, 0.4) is 0 Å². The van der Waals surface area contributed by atoms with Gasteiger partial charge in [0.05, 0.1) is 14.2 Å². The van der Waals surface area contributed by atoms with E-state index in [2.05, 4.69) is 6.07 Å². The van der Waals surface area contributed by atoms with Gasteiger partial charge in [0.15, 0.2) is 0 Å². The first-order chi connectivity index (χ1) is 12.1. The van der Waals surface area contributed by atoms with Gasteiger partial charge in [-0.15, -0.1) is 0 Å². The monoisotopic (exact) mass is 337 g/mol. The second-order valence-electron chi connectivity index (χ2n) is 6.12. The maximum absolute atomic E-state index is 12.9. The molecule has 2 aromatic rings. The zero-order valence-corrected chi connectivity index (χ0v) is 14.9. The van der Waals surface area contributed by atoms with Gasteiger partial charge >= 0.3 is 0 Å². The number of nitrogens with zero attached hydrogens (tertiary/aromatic N) is 1. The number of aryl methyl sites for hydroxylation is 1. The number of fused-ring (bicyclic) bond motifs is 1. The quantitative estimate of drug-likeness (QED) is 0.789. The van der Waals surface area contributed by atoms with Gasteiger partial charge in [0.1, 0.15) is 11.5 Å². The molecule has 0 N–H and O–H groups in total. The Bertz CT molecular complexity index is 811. The van der Waals surface area contributed by atoms with E-state index in [1.807, 2.05) is 48.2 Å². The molecule has 0 saturated carbocycles. The Morgan fingerprint density at radius 2 is 1.92 bits per heavy atom. The van der Waals surface area contributed by atoms with Crippen LogP contribution in [-0.4, -0.2) is 26.7 Å². The molecule has 0 radical (unpaired) electrons. The highest BCUT2D eigenvalue weighted by atomic mass is 16.5. The number of carbonyl (C=O) groups excluding carboxylic acids is 1. The Kier molecular flexibility index (Phi) is 5.08. The average Bonchev–Trinajstić information content (AvgIpc) is 2.66. The maximum atomic E-state index is 12.9. The Morgan fingerprint density at radius 1 is 1.12 bits per heavy atom. The van der Waals surface area contributed by atoms with E-state index in [-0.39, 0.29) is 5.91 Å². The Morgan fingerprint density at radius 3 is 2.68 bits per heavy atom. The summed E-state index contributed by atoms with van der Waals surface area (Å²) >= 11 is 0. The summed E-state index contributed by atoms with van der Waals surface area (Å²) in [5.41, 5.74) is 4.01. The van der Waals surface area contributed by atoms with Gasteiger partial charge in [0, 0.05) is 29.9 Å². The van der Waals surface area contributed by atoms with Crippen molar-refractivity contribution in [2.45, 2.75) is 19.8 Å². The van der Waals surface area contributed by atoms with Crippen LogP contribution in [0, 0.1) is 0 Å². The third-order valence-electron chi connectivity index (χ3n) is 4.55. The van der Waals surface area contributed by atoms with Crippen molar-refractivity contribution in [2.24, 2.45) is 0 Å². The number of hydrogen-bond donors (Lipinski definition) is 0. The average molecular weight is 337 g/mol. The van der Waals surface area contributed by atoms with Crippen molar-refractivity contribution in [3.05, 3.63) is 59.7 Å². The minimum Gasteiger partial charge on any atom is -0.497 e. The van der Waals surface area contributed by atoms with Gasteiger partial charge in [0.25, 0.3) is 5.91 Å². The molecule has 0 aliphatic carbocycles. The fraction of sp³-hybridized carbons (Fsp3) is 0.286. The predicted molar refractivity (Wildman–Crippen MR) is 100 cm³/mol. The predicted octanol–water partition coefficient (Wildman–Crippen LogP) is 4.09. The van der Waals surface area contributed by atoms with Crippen molar-refractivity contribution in [2.75, 3.05) is 25.7 Å². The number of ether oxygens (including phenoxy) is 2. The number of rotatable bonds is 4. The molecule has 0 atom stereocenters. The minimum absolute atomic E-state index is 0.00233. The van der Waals surface area contributed by atoms with Crippen LogP contribution < -0.4 is 14.4 Å². The van der Waals surface area contributed by atoms with Crippen molar-refractivity contribution in [1.82, 2.24) is 0 Å². The first-order valence-electron chi connectivity index (χ1n) is 8.44. The van der Waals surface area contributed by atoms with E-state index in [0.717, 1.165) is 42.0 Å². The lowest BCUT2D eigenvalue weighted by Gasteiger charge is -2.28. The van der Waals surface area contributed by atoms with Gasteiger partial charge in [-0.05, 0) is 49.1 Å². The van der Waals surface area contributed by atoms with Crippen molar-refractivity contribution < 1.29 is 14.3 Å². The molecule has 0 bridgehead atoms. The number of carbonyl (C=O) groups is 1. The van der Waals surface area contributed by atoms with Crippen LogP contribution in [0.15, 0.2) is 48.5 Å². The van der Waals surface area contributed by atoms with Crippen LogP contribution in [0.4, 0.5) is 5.69 Å². The largest absolute Gasteiger partial charge is 0.497 e. The molecule has 3 rings (SSSR count). The highest BCUT2D eigenvalue weighted by molar-refractivity contribution is 6.06. The summed E-state index contributed by atoms with van der Waals surface area (Å²) < 4.78 is 10.7. The maximum Gasteiger partial charge on any atom is 0.251 e. The summed E-state index contributed by atoms with van der Waals surface area (Å²) in [4.78, 5) is 14.7. The molecular weight excluding hydrogens is 314 g/mol. The van der Waals surface area contributed by atoms with E-state index >= 15 is 0 Å². The lowest BCUT2D eigenvalue weighted by Crippen LogP contribution is -2.34. The molecule has 1 aliphatic heterocycles. The first-order valence-corrected chi connectivity index (χ1v) is 8.44. The molecule has 4 heteroatoms. The van der Waals surface area contributed by atoms with Crippen LogP contribution in [0.1, 0.15) is 24.5 Å². The lowest BCUT2D eigenvalue weighted by atomic mass is 10.0. The smallest absolute Gasteiger partial charge is 0.251 e. The molecular formula is C21H23NO3. The number of benzene rings is 2. The Balaban J connectivity index is 1.90. The molecule has 0 unspecified atom stereocenters. The van der Waals surface area contributed by atoms with Gasteiger partial charge in [0.2, 0.25) is 0 Å². The van der Waals surface area contributed by atoms with Gasteiger partial charge in [-0.3, -0.25) is 4.79 Å². The summed E-state index contributed by atoms with van der Waals surface area (Å²) in [7, 11) is 3.24. The summed E-state index contributed by atoms with van der Waals surface area (Å²) in [6.45, 7) is 2.68. The van der Waals surface area contributed by atoms with Crippen molar-refractivity contribution in [3.8, 4) is 11.5 Å². The molecule has 1 aliphatic rings. The third kappa shape index (κ3) is 3.53. The molecule has 0 saturated heterocycles. The van der Waals surface area contributed by atoms with Gasteiger partial charge in [-0.1, -0.05) is 18.2 Å². The third-order valence-corrected chi connectivity index (χ3v) is 4.55. The van der Waals surface area contributed by atoms with Crippen molar-refractivity contribution in [1.29, 1.82) is 0 Å². The number of methoxy groups -OCH3 is 2. The fourth-order valence-corrected chi connectivity index (χ4v) is 3.23. The van der Waals surface area contributed by atoms with Crippen molar-refractivity contribution in [3.63, 3.8) is 0 Å². The van der Waals surface area contributed by atoms with E-state index in [1.54, 1.807) is 20.3 Å². The van der Waals surface area contributed by atoms with Crippen LogP contribution in [0.5, 0.6) is 11.5 Å². The van der Waals surface area contributed by atoms with Crippen LogP contribution in [0.2, 0.25) is 0 Å². The summed E-state index contributed by atoms with van der Waals surface area (Å²) in [5, 5.41) is 0. The lowest BCUT2D eigenvalue weighted by molar-refractivity contribution is -0.114. The fourth-order valence-electron chi connectivity index (χ4n) is 3.23. The normalized spacial score (nSPS) is 14.0. The second kappa shape index (κ2) is 7.43. The first kappa shape index (κ1) is 17.1. The standard InChI is InChI=1S/C21H23NO3/c1-15(18-11-10-17(24-2)14-20(18)25-3)13-21(23)22-12-6-8-16-7-4-5-9-19(16)22/h4-5,7,9-11,13-14H,6,8,12H2,1-3H3/b15-13+. The topological polar surface area (TPSA) is 38.8 Å². The van der Waals surface area contributed by atoms with E-state index in [4.69, 9.17) is 9.47 Å². The number of amides is 1. The van der Waals surface area contributed by atoms with Crippen LogP contribution in [-0.2, 0) is 11.2 Å². The molecule has 130 valence electrons. The Hall–Kier alpha value is -2.75. The minimum atomic E-state index is 0.00233. The van der Waals surface area contributed by atoms with Crippen molar-refractivity contribution >= 4 is 17.2 Å². The number of para-hydroxylation sites is 1. The molecule has 1 heterocycles. The molecule has 1 amide bonds. The number of allylic oxidation sites excluding steroid dienone is 1. The van der Waals surface area contributed by atoms with E-state index in [0.29, 0.717) is 5.75 Å². The summed E-state index contributed by atoms with van der Waals surface area (Å²) in [6.07, 6.45) is 3.70. The van der Waals surface area contributed by atoms with Gasteiger partial charge < -0.3 is 14.4 Å². The molecule has 0 spiro atoms. The molecule has 0 fully saturated rings. The summed E-state index contributed by atoms with van der Waals surface area (Å²) in [6, 6.07) is 13.7. The van der Waals surface area contributed by atoms with E-state index in [1.165, 1.54) is 5.56 Å². The van der Waals surface area contributed by atoms with Crippen LogP contribution >= 0.6 is 0 Å². The highest BCUT2D eigenvalue weighted by Crippen LogP contribution is 2.31. The molecule has 2 aromatic carbocycles. The van der Waals surface area contributed by atoms with Crippen LogP contribution in [0.25, 0.3) is 5.57 Å². The summed E-state index contributed by atoms with van der Waals surface area (Å²) in [5.74, 6) is 1.42. The van der Waals surface area contributed by atoms with E-state index in [9.17, 15) is 4.79 Å². The van der Waals surface area contributed by atoms with E-state index < -0.39 is 0 Å². The van der Waals surface area contributed by atoms with Gasteiger partial charge in [-0.25, -0.2) is 0 Å².